The molecule has 2 rings (SSSR count). The molecule has 0 N–H and O–H groups in total. The van der Waals surface area contributed by atoms with E-state index in [4.69, 9.17) is 9.57 Å². The molecule has 2 heterocycles. The minimum Gasteiger partial charge on any atom is -0.395 e. The summed E-state index contributed by atoms with van der Waals surface area (Å²) in [4.78, 5) is 4.89. The Morgan fingerprint density at radius 3 is 3.22 bits per heavy atom. The van der Waals surface area contributed by atoms with Crippen LogP contribution in [-0.4, -0.2) is 25.0 Å². The number of oxime groups is 1. The molecule has 0 aromatic heterocycles. The van der Waals surface area contributed by atoms with Gasteiger partial charge in [0.15, 0.2) is 0 Å². The Kier molecular flexibility index (Phi) is 0.990. The number of rotatable bonds is 0. The van der Waals surface area contributed by atoms with Gasteiger partial charge >= 0.3 is 0 Å². The van der Waals surface area contributed by atoms with Gasteiger partial charge in [-0.3, -0.25) is 0 Å². The van der Waals surface area contributed by atoms with Crippen molar-refractivity contribution in [3.63, 3.8) is 0 Å². The van der Waals surface area contributed by atoms with Crippen molar-refractivity contribution in [2.24, 2.45) is 11.1 Å². The fourth-order valence-corrected chi connectivity index (χ4v) is 1.25. The van der Waals surface area contributed by atoms with Crippen molar-refractivity contribution in [1.82, 2.24) is 0 Å². The molecule has 0 aromatic rings. The van der Waals surface area contributed by atoms with Crippen LogP contribution in [0.3, 0.4) is 0 Å². The molecule has 9 heavy (non-hydrogen) atoms. The van der Waals surface area contributed by atoms with E-state index in [1.807, 2.05) is 6.92 Å². The molecule has 0 spiro atoms. The molecule has 0 aliphatic carbocycles. The average Bonchev–Trinajstić information content (AvgIpc) is 2.35. The minimum atomic E-state index is 0.192. The van der Waals surface area contributed by atoms with Crippen LogP contribution in [0.1, 0.15) is 6.92 Å². The summed E-state index contributed by atoms with van der Waals surface area (Å²) in [6.45, 7) is 3.52. The fraction of sp³-hybridized carbons (Fsp3) is 0.833. The van der Waals surface area contributed by atoms with Crippen molar-refractivity contribution in [3.05, 3.63) is 0 Å². The Hall–Kier alpha value is -0.570. The third-order valence-corrected chi connectivity index (χ3v) is 1.83. The Labute approximate surface area is 53.6 Å². The second kappa shape index (κ2) is 1.70. The van der Waals surface area contributed by atoms with Crippen molar-refractivity contribution in [3.8, 4) is 0 Å². The summed E-state index contributed by atoms with van der Waals surface area (Å²) in [5, 5.41) is 3.87. The van der Waals surface area contributed by atoms with Crippen molar-refractivity contribution >= 4 is 5.71 Å². The predicted molar refractivity (Wildman–Crippen MR) is 32.3 cm³/mol. The lowest BCUT2D eigenvalue weighted by Gasteiger charge is -1.97. The Balaban J connectivity index is 2.22. The summed E-state index contributed by atoms with van der Waals surface area (Å²) in [5.41, 5.74) is 1.09. The second-order valence-electron chi connectivity index (χ2n) is 2.48. The van der Waals surface area contributed by atoms with Crippen LogP contribution in [0, 0.1) is 5.92 Å². The first kappa shape index (κ1) is 5.23. The zero-order valence-corrected chi connectivity index (χ0v) is 5.33. The lowest BCUT2D eigenvalue weighted by Crippen LogP contribution is -2.14. The third-order valence-electron chi connectivity index (χ3n) is 1.83. The van der Waals surface area contributed by atoms with Gasteiger partial charge in [0.25, 0.3) is 0 Å². The smallest absolute Gasteiger partial charge is 0.127 e. The highest BCUT2D eigenvalue weighted by atomic mass is 16.6. The van der Waals surface area contributed by atoms with E-state index in [2.05, 4.69) is 5.16 Å². The van der Waals surface area contributed by atoms with Crippen molar-refractivity contribution in [1.29, 1.82) is 0 Å². The van der Waals surface area contributed by atoms with E-state index in [0.717, 1.165) is 18.9 Å². The Morgan fingerprint density at radius 2 is 2.44 bits per heavy atom. The number of hydrogen-bond acceptors (Lipinski definition) is 3. The van der Waals surface area contributed by atoms with Crippen molar-refractivity contribution in [2.45, 2.75) is 13.0 Å². The lowest BCUT2D eigenvalue weighted by molar-refractivity contribution is 0.0856. The molecule has 0 bridgehead atoms. The molecule has 0 saturated carbocycles. The van der Waals surface area contributed by atoms with Gasteiger partial charge in [0.05, 0.1) is 24.3 Å². The molecular weight excluding hydrogens is 118 g/mol. The normalized spacial score (nSPS) is 39.9. The lowest BCUT2D eigenvalue weighted by atomic mass is 10.1. The number of hydrogen-bond donors (Lipinski definition) is 0. The maximum absolute atomic E-state index is 5.31. The first-order valence-electron chi connectivity index (χ1n) is 3.19. The summed E-state index contributed by atoms with van der Waals surface area (Å²) in [6.07, 6.45) is 0.192. The largest absolute Gasteiger partial charge is 0.395 e. The first-order chi connectivity index (χ1) is 4.38. The van der Waals surface area contributed by atoms with Crippen LogP contribution in [-0.2, 0) is 9.57 Å². The molecule has 3 heteroatoms. The fourth-order valence-electron chi connectivity index (χ4n) is 1.25. The van der Waals surface area contributed by atoms with Gasteiger partial charge in [-0.2, -0.15) is 0 Å². The van der Waals surface area contributed by atoms with Crippen LogP contribution in [0.25, 0.3) is 0 Å². The van der Waals surface area contributed by atoms with Crippen LogP contribution in [0.4, 0.5) is 0 Å². The highest BCUT2D eigenvalue weighted by Gasteiger charge is 2.34. The zero-order valence-electron chi connectivity index (χ0n) is 5.33. The van der Waals surface area contributed by atoms with Crippen molar-refractivity contribution < 1.29 is 9.57 Å². The average molecular weight is 127 g/mol. The summed E-state index contributed by atoms with van der Waals surface area (Å²) in [5.74, 6) is 0.458. The zero-order chi connectivity index (χ0) is 6.27. The third kappa shape index (κ3) is 0.645. The van der Waals surface area contributed by atoms with Gasteiger partial charge in [0, 0.05) is 0 Å². The molecule has 50 valence electrons. The molecule has 2 aliphatic heterocycles. The molecule has 3 nitrogen and oxygen atoms in total. The second-order valence-corrected chi connectivity index (χ2v) is 2.48. The minimum absolute atomic E-state index is 0.192. The molecule has 0 unspecified atom stereocenters. The SMILES string of the molecule is C[C@H]1OC[C@@H]2CON=C21. The van der Waals surface area contributed by atoms with Gasteiger partial charge < -0.3 is 9.57 Å². The highest BCUT2D eigenvalue weighted by molar-refractivity contribution is 5.92. The topological polar surface area (TPSA) is 30.8 Å². The summed E-state index contributed by atoms with van der Waals surface area (Å²) in [7, 11) is 0. The molecular formula is C6H9NO2. The number of ether oxygens (including phenoxy) is 1. The van der Waals surface area contributed by atoms with Crippen LogP contribution in [0.2, 0.25) is 0 Å². The van der Waals surface area contributed by atoms with Gasteiger partial charge in [-0.1, -0.05) is 5.16 Å². The molecule has 0 radical (unpaired) electrons. The van der Waals surface area contributed by atoms with Crippen LogP contribution >= 0.6 is 0 Å². The van der Waals surface area contributed by atoms with E-state index in [0.29, 0.717) is 5.92 Å². The summed E-state index contributed by atoms with van der Waals surface area (Å²) >= 11 is 0. The highest BCUT2D eigenvalue weighted by Crippen LogP contribution is 2.21. The van der Waals surface area contributed by atoms with E-state index >= 15 is 0 Å². The maximum Gasteiger partial charge on any atom is 0.127 e. The maximum atomic E-state index is 5.31. The standard InChI is InChI=1S/C6H9NO2/c1-4-6-5(2-8-4)3-9-7-6/h4-5H,2-3H2,1H3/t4-,5-/m1/s1. The van der Waals surface area contributed by atoms with Gasteiger partial charge in [-0.15, -0.1) is 0 Å². The van der Waals surface area contributed by atoms with Crippen LogP contribution in [0.5, 0.6) is 0 Å². The molecule has 2 atom stereocenters. The van der Waals surface area contributed by atoms with E-state index in [9.17, 15) is 0 Å². The van der Waals surface area contributed by atoms with Gasteiger partial charge in [0.2, 0.25) is 0 Å². The van der Waals surface area contributed by atoms with E-state index in [-0.39, 0.29) is 6.10 Å². The van der Waals surface area contributed by atoms with Gasteiger partial charge in [-0.05, 0) is 6.92 Å². The van der Waals surface area contributed by atoms with E-state index in [1.54, 1.807) is 0 Å². The van der Waals surface area contributed by atoms with Crippen LogP contribution in [0.15, 0.2) is 5.16 Å². The Morgan fingerprint density at radius 1 is 1.56 bits per heavy atom. The van der Waals surface area contributed by atoms with Crippen molar-refractivity contribution in [2.75, 3.05) is 13.2 Å². The monoisotopic (exact) mass is 127 g/mol. The van der Waals surface area contributed by atoms with Crippen LogP contribution < -0.4 is 0 Å². The van der Waals surface area contributed by atoms with Gasteiger partial charge in [-0.25, -0.2) is 0 Å². The molecule has 2 aliphatic rings. The molecule has 1 fully saturated rings. The predicted octanol–water partition coefficient (Wildman–Crippen LogP) is 0.407. The molecule has 0 amide bonds. The Bertz CT molecular complexity index is 155. The molecule has 1 saturated heterocycles. The quantitative estimate of drug-likeness (QED) is 0.471. The van der Waals surface area contributed by atoms with E-state index < -0.39 is 0 Å². The molecule has 0 aromatic carbocycles. The number of nitrogens with zero attached hydrogens (tertiary/aromatic N) is 1. The van der Waals surface area contributed by atoms with E-state index in [1.165, 1.54) is 0 Å². The first-order valence-corrected chi connectivity index (χ1v) is 3.19. The summed E-state index contributed by atoms with van der Waals surface area (Å²) < 4.78 is 5.31. The van der Waals surface area contributed by atoms with Gasteiger partial charge in [0.1, 0.15) is 6.61 Å². The summed E-state index contributed by atoms with van der Waals surface area (Å²) in [6, 6.07) is 0. The number of fused-ring (bicyclic) bond motifs is 1.